The van der Waals surface area contributed by atoms with Crippen molar-refractivity contribution in [1.29, 1.82) is 0 Å². The van der Waals surface area contributed by atoms with Crippen LogP contribution in [0.15, 0.2) is 125 Å². The second-order valence-corrected chi connectivity index (χ2v) is 9.39. The topological polar surface area (TPSA) is 34.1 Å². The minimum absolute atomic E-state index is 0.0499. The van der Waals surface area contributed by atoms with Crippen LogP contribution in [-0.4, -0.2) is 11.5 Å². The van der Waals surface area contributed by atoms with E-state index in [4.69, 9.17) is 0 Å². The third-order valence-electron chi connectivity index (χ3n) is 4.90. The van der Waals surface area contributed by atoms with E-state index in [2.05, 4.69) is 0 Å². The van der Waals surface area contributed by atoms with Crippen LogP contribution in [0.5, 0.6) is 0 Å². The highest BCUT2D eigenvalue weighted by molar-refractivity contribution is 8.03. The molecule has 0 aliphatic rings. The van der Waals surface area contributed by atoms with Crippen LogP contribution in [0.1, 0.15) is 10.4 Å². The summed E-state index contributed by atoms with van der Waals surface area (Å²) in [5.74, 6) is -0.173. The second kappa shape index (κ2) is 8.38. The first-order valence-corrected chi connectivity index (χ1v) is 11.2. The molecule has 4 aromatic carbocycles. The van der Waals surface area contributed by atoms with Crippen molar-refractivity contribution in [2.75, 3.05) is 5.75 Å². The summed E-state index contributed by atoms with van der Waals surface area (Å²) >= 11 is 0. The number of ketones is 1. The summed E-state index contributed by atoms with van der Waals surface area (Å²) in [7, 11) is -2.71. The summed E-state index contributed by atoms with van der Waals surface area (Å²) in [6, 6.07) is 36.1. The first kappa shape index (κ1) is 19.0. The Morgan fingerprint density at radius 1 is 0.552 bits per heavy atom. The number of carbonyl (C=O) groups excluding carboxylic acids is 1. The van der Waals surface area contributed by atoms with Gasteiger partial charge in [0.25, 0.3) is 0 Å². The minimum Gasteiger partial charge on any atom is -0.289 e. The summed E-state index contributed by atoms with van der Waals surface area (Å²) in [5, 5.41) is 0. The Labute approximate surface area is 172 Å². The molecule has 0 unspecified atom stereocenters. The Hall–Kier alpha value is -3.30. The van der Waals surface area contributed by atoms with Crippen molar-refractivity contribution < 1.29 is 9.00 Å². The van der Waals surface area contributed by atoms with E-state index in [9.17, 15) is 9.00 Å². The van der Waals surface area contributed by atoms with Gasteiger partial charge < -0.3 is 0 Å². The molecule has 3 heteroatoms. The fraction of sp³-hybridized carbons (Fsp3) is 0.0385. The lowest BCUT2D eigenvalue weighted by atomic mass is 10.0. The number of carbonyl (C=O) groups is 1. The van der Waals surface area contributed by atoms with Gasteiger partial charge in [0, 0.05) is 5.56 Å². The van der Waals surface area contributed by atoms with E-state index in [1.807, 2.05) is 115 Å². The number of benzene rings is 4. The van der Waals surface area contributed by atoms with Crippen LogP contribution in [0.4, 0.5) is 0 Å². The highest BCUT2D eigenvalue weighted by Crippen LogP contribution is 2.30. The molecule has 0 bridgehead atoms. The smallest absolute Gasteiger partial charge is 0.212 e. The third-order valence-corrected chi connectivity index (χ3v) is 7.63. The average molecular weight is 398 g/mol. The molecule has 0 aliphatic heterocycles. The first-order chi connectivity index (χ1) is 14.2. The average Bonchev–Trinajstić information content (AvgIpc) is 2.81. The molecule has 0 radical (unpaired) electrons. The van der Waals surface area contributed by atoms with Gasteiger partial charge in [0.15, 0.2) is 25.5 Å². The molecule has 29 heavy (non-hydrogen) atoms. The summed E-state index contributed by atoms with van der Waals surface area (Å²) in [4.78, 5) is 14.4. The molecular formula is C26H21O2S+. The molecule has 0 aliphatic carbocycles. The fourth-order valence-corrected chi connectivity index (χ4v) is 5.67. The molecular weight excluding hydrogens is 376 g/mol. The first-order valence-electron chi connectivity index (χ1n) is 9.47. The fourth-order valence-electron chi connectivity index (χ4n) is 3.33. The molecule has 0 saturated carbocycles. The molecule has 0 heterocycles. The van der Waals surface area contributed by atoms with E-state index in [1.54, 1.807) is 0 Å². The Morgan fingerprint density at radius 2 is 0.966 bits per heavy atom. The predicted octanol–water partition coefficient (Wildman–Crippen LogP) is 6.15. The molecule has 0 N–H and O–H groups in total. The zero-order valence-corrected chi connectivity index (χ0v) is 16.7. The van der Waals surface area contributed by atoms with Crippen molar-refractivity contribution in [3.05, 3.63) is 121 Å². The maximum atomic E-state index is 14.0. The lowest BCUT2D eigenvalue weighted by Gasteiger charge is -2.12. The molecule has 0 aromatic heterocycles. The molecule has 4 aromatic rings. The largest absolute Gasteiger partial charge is 0.289 e. The standard InChI is InChI=1S/C26H21O2S/c27-26(23-18-16-22(17-19-23)21-10-4-1-5-11-21)20-29(28,24-12-6-2-7-13-24)25-14-8-3-9-15-25/h1-19H,20H2/q+1. The van der Waals surface area contributed by atoms with Crippen LogP contribution in [0.2, 0.25) is 0 Å². The number of hydrogen-bond donors (Lipinski definition) is 0. The van der Waals surface area contributed by atoms with Gasteiger partial charge in [0.2, 0.25) is 5.78 Å². The van der Waals surface area contributed by atoms with E-state index in [1.165, 1.54) is 0 Å². The maximum Gasteiger partial charge on any atom is 0.212 e. The molecule has 2 nitrogen and oxygen atoms in total. The summed E-state index contributed by atoms with van der Waals surface area (Å²) < 4.78 is 14.0. The van der Waals surface area contributed by atoms with Crippen molar-refractivity contribution in [1.82, 2.24) is 0 Å². The van der Waals surface area contributed by atoms with E-state index in [0.717, 1.165) is 11.1 Å². The normalized spacial score (nSPS) is 11.2. The zero-order valence-electron chi connectivity index (χ0n) is 15.9. The second-order valence-electron chi connectivity index (χ2n) is 6.81. The monoisotopic (exact) mass is 397 g/mol. The Bertz CT molecular complexity index is 1090. The number of Topliss-reactive ketones (excluding diaryl/α,β-unsaturated/α-hetero) is 1. The molecule has 4 rings (SSSR count). The summed E-state index contributed by atoms with van der Waals surface area (Å²) in [5.41, 5.74) is 2.72. The molecule has 0 fully saturated rings. The Kier molecular flexibility index (Phi) is 5.50. The van der Waals surface area contributed by atoms with Gasteiger partial charge in [-0.05, 0) is 35.4 Å². The highest BCUT2D eigenvalue weighted by atomic mass is 32.2. The molecule has 0 saturated heterocycles. The molecule has 142 valence electrons. The van der Waals surface area contributed by atoms with Crippen molar-refractivity contribution in [3.8, 4) is 11.1 Å². The summed E-state index contributed by atoms with van der Waals surface area (Å²) in [6.07, 6.45) is 0. The van der Waals surface area contributed by atoms with Crippen LogP contribution in [-0.2, 0) is 14.1 Å². The van der Waals surface area contributed by atoms with Gasteiger partial charge in [-0.25, -0.2) is 0 Å². The van der Waals surface area contributed by atoms with Crippen LogP contribution in [0.25, 0.3) is 11.1 Å². The minimum atomic E-state index is -2.71. The van der Waals surface area contributed by atoms with Gasteiger partial charge in [-0.1, -0.05) is 95.2 Å². The van der Waals surface area contributed by atoms with Gasteiger partial charge >= 0.3 is 0 Å². The summed E-state index contributed by atoms with van der Waals surface area (Å²) in [6.45, 7) is 0. The maximum absolute atomic E-state index is 14.0. The van der Waals surface area contributed by atoms with Crippen LogP contribution in [0, 0.1) is 0 Å². The van der Waals surface area contributed by atoms with Crippen LogP contribution >= 0.6 is 0 Å². The van der Waals surface area contributed by atoms with Crippen LogP contribution < -0.4 is 0 Å². The predicted molar refractivity (Wildman–Crippen MR) is 119 cm³/mol. The molecule has 0 spiro atoms. The van der Waals surface area contributed by atoms with Crippen molar-refractivity contribution >= 4 is 15.7 Å². The van der Waals surface area contributed by atoms with Gasteiger partial charge in [0.1, 0.15) is 0 Å². The van der Waals surface area contributed by atoms with Gasteiger partial charge in [0.05, 0.1) is 0 Å². The zero-order chi connectivity index (χ0) is 20.1. The molecule has 0 atom stereocenters. The SMILES string of the molecule is O=C(C[S+](=O)(c1ccccc1)c1ccccc1)c1ccc(-c2ccccc2)cc1. The lowest BCUT2D eigenvalue weighted by molar-refractivity contribution is 0.102. The van der Waals surface area contributed by atoms with Gasteiger partial charge in [-0.2, -0.15) is 0 Å². The van der Waals surface area contributed by atoms with E-state index < -0.39 is 9.93 Å². The number of hydrogen-bond acceptors (Lipinski definition) is 2. The van der Waals surface area contributed by atoms with Gasteiger partial charge in [-0.3, -0.25) is 4.79 Å². The Morgan fingerprint density at radius 3 is 1.45 bits per heavy atom. The van der Waals surface area contributed by atoms with E-state index >= 15 is 0 Å². The molecule has 0 amide bonds. The van der Waals surface area contributed by atoms with Crippen molar-refractivity contribution in [3.63, 3.8) is 0 Å². The third kappa shape index (κ3) is 4.10. The van der Waals surface area contributed by atoms with E-state index in [0.29, 0.717) is 15.4 Å². The van der Waals surface area contributed by atoms with Gasteiger partial charge in [-0.15, -0.1) is 0 Å². The highest BCUT2D eigenvalue weighted by Gasteiger charge is 2.37. The number of rotatable bonds is 6. The van der Waals surface area contributed by atoms with Crippen molar-refractivity contribution in [2.24, 2.45) is 0 Å². The lowest BCUT2D eigenvalue weighted by Crippen LogP contribution is -2.23. The Balaban J connectivity index is 1.65. The van der Waals surface area contributed by atoms with Crippen LogP contribution in [0.3, 0.4) is 0 Å². The van der Waals surface area contributed by atoms with E-state index in [-0.39, 0.29) is 11.5 Å². The quantitative estimate of drug-likeness (QED) is 0.289. The van der Waals surface area contributed by atoms with Crippen molar-refractivity contribution in [2.45, 2.75) is 9.79 Å².